The summed E-state index contributed by atoms with van der Waals surface area (Å²) in [7, 11) is 0. The van der Waals surface area contributed by atoms with Crippen LogP contribution in [-0.4, -0.2) is 19.7 Å². The second kappa shape index (κ2) is 6.94. The van der Waals surface area contributed by atoms with Crippen molar-refractivity contribution in [3.05, 3.63) is 33.8 Å². The number of halogens is 2. The SMILES string of the molecule is CC(C)CNCC1CCOC1c1c(Cl)cccc1Cl. The molecule has 0 aliphatic carbocycles. The van der Waals surface area contributed by atoms with Gasteiger partial charge in [-0.15, -0.1) is 0 Å². The van der Waals surface area contributed by atoms with Crippen LogP contribution in [0.25, 0.3) is 0 Å². The van der Waals surface area contributed by atoms with E-state index in [1.165, 1.54) is 0 Å². The first kappa shape index (κ1) is 15.1. The molecule has 2 atom stereocenters. The smallest absolute Gasteiger partial charge is 0.0894 e. The van der Waals surface area contributed by atoms with Crippen LogP contribution in [0.3, 0.4) is 0 Å². The maximum atomic E-state index is 6.27. The highest BCUT2D eigenvalue weighted by molar-refractivity contribution is 6.36. The van der Waals surface area contributed by atoms with Gasteiger partial charge in [0.05, 0.1) is 6.10 Å². The molecule has 0 radical (unpaired) electrons. The Balaban J connectivity index is 2.06. The quantitative estimate of drug-likeness (QED) is 0.874. The maximum Gasteiger partial charge on any atom is 0.0894 e. The zero-order chi connectivity index (χ0) is 13.8. The predicted molar refractivity (Wildman–Crippen MR) is 81.0 cm³/mol. The number of nitrogens with one attached hydrogen (secondary N) is 1. The fraction of sp³-hybridized carbons (Fsp3) is 0.600. The van der Waals surface area contributed by atoms with Gasteiger partial charge in [-0.2, -0.15) is 0 Å². The minimum atomic E-state index is 0.0147. The molecule has 4 heteroatoms. The average Bonchev–Trinajstić information content (AvgIpc) is 2.77. The highest BCUT2D eigenvalue weighted by atomic mass is 35.5. The summed E-state index contributed by atoms with van der Waals surface area (Å²) in [6.07, 6.45) is 1.07. The van der Waals surface area contributed by atoms with Gasteiger partial charge >= 0.3 is 0 Å². The lowest BCUT2D eigenvalue weighted by molar-refractivity contribution is 0.0905. The van der Waals surface area contributed by atoms with E-state index in [-0.39, 0.29) is 6.10 Å². The Hall–Kier alpha value is -0.280. The van der Waals surface area contributed by atoms with Crippen molar-refractivity contribution < 1.29 is 4.74 Å². The number of rotatable bonds is 5. The third-order valence-electron chi connectivity index (χ3n) is 3.46. The minimum absolute atomic E-state index is 0.0147. The summed E-state index contributed by atoms with van der Waals surface area (Å²) in [4.78, 5) is 0. The average molecular weight is 302 g/mol. The van der Waals surface area contributed by atoms with Crippen molar-refractivity contribution in [2.24, 2.45) is 11.8 Å². The zero-order valence-electron chi connectivity index (χ0n) is 11.5. The van der Waals surface area contributed by atoms with E-state index in [2.05, 4.69) is 19.2 Å². The Morgan fingerprint density at radius 1 is 1.32 bits per heavy atom. The van der Waals surface area contributed by atoms with Gasteiger partial charge in [0.1, 0.15) is 0 Å². The summed E-state index contributed by atoms with van der Waals surface area (Å²) in [6.45, 7) is 7.17. The van der Waals surface area contributed by atoms with Crippen LogP contribution < -0.4 is 5.32 Å². The minimum Gasteiger partial charge on any atom is -0.373 e. The molecule has 1 aliphatic rings. The molecule has 1 fully saturated rings. The molecule has 1 N–H and O–H groups in total. The second-order valence-corrected chi connectivity index (χ2v) is 6.34. The van der Waals surface area contributed by atoms with E-state index in [4.69, 9.17) is 27.9 Å². The van der Waals surface area contributed by atoms with E-state index in [1.807, 2.05) is 18.2 Å². The number of hydrogen-bond acceptors (Lipinski definition) is 2. The van der Waals surface area contributed by atoms with Gasteiger partial charge in [0.15, 0.2) is 0 Å². The maximum absolute atomic E-state index is 6.27. The first-order valence-electron chi connectivity index (χ1n) is 6.85. The Morgan fingerprint density at radius 3 is 2.63 bits per heavy atom. The van der Waals surface area contributed by atoms with Gasteiger partial charge in [-0.05, 0) is 31.0 Å². The van der Waals surface area contributed by atoms with Gasteiger partial charge in [0.2, 0.25) is 0 Å². The summed E-state index contributed by atoms with van der Waals surface area (Å²) in [5.41, 5.74) is 0.944. The Labute approximate surface area is 125 Å². The van der Waals surface area contributed by atoms with Gasteiger partial charge in [0.25, 0.3) is 0 Å². The summed E-state index contributed by atoms with van der Waals surface area (Å²) in [5.74, 6) is 1.10. The van der Waals surface area contributed by atoms with Gasteiger partial charge in [-0.3, -0.25) is 0 Å². The lowest BCUT2D eigenvalue weighted by Gasteiger charge is -2.22. The largest absolute Gasteiger partial charge is 0.373 e. The van der Waals surface area contributed by atoms with Crippen LogP contribution in [0.1, 0.15) is 31.9 Å². The number of hydrogen-bond donors (Lipinski definition) is 1. The first-order chi connectivity index (χ1) is 9.09. The molecule has 1 aromatic carbocycles. The van der Waals surface area contributed by atoms with Gasteiger partial charge in [0, 0.05) is 34.7 Å². The van der Waals surface area contributed by atoms with E-state index >= 15 is 0 Å². The standard InChI is InChI=1S/C15H21Cl2NO/c1-10(2)8-18-9-11-6-7-19-15(11)14-12(16)4-3-5-13(14)17/h3-5,10-11,15,18H,6-9H2,1-2H3. The monoisotopic (exact) mass is 301 g/mol. The predicted octanol–water partition coefficient (Wildman–Crippen LogP) is 4.32. The normalized spacial score (nSPS) is 23.2. The molecule has 0 amide bonds. The Kier molecular flexibility index (Phi) is 5.52. The van der Waals surface area contributed by atoms with E-state index in [0.29, 0.717) is 21.9 Å². The third-order valence-corrected chi connectivity index (χ3v) is 4.12. The molecule has 0 bridgehead atoms. The lowest BCUT2D eigenvalue weighted by Crippen LogP contribution is -2.28. The second-order valence-electron chi connectivity index (χ2n) is 5.53. The number of benzene rings is 1. The van der Waals surface area contributed by atoms with E-state index in [0.717, 1.165) is 31.7 Å². The number of ether oxygens (including phenoxy) is 1. The van der Waals surface area contributed by atoms with Crippen molar-refractivity contribution >= 4 is 23.2 Å². The van der Waals surface area contributed by atoms with E-state index in [9.17, 15) is 0 Å². The first-order valence-corrected chi connectivity index (χ1v) is 7.61. The van der Waals surface area contributed by atoms with Crippen LogP contribution >= 0.6 is 23.2 Å². The molecule has 2 nitrogen and oxygen atoms in total. The summed E-state index contributed by atoms with van der Waals surface area (Å²) >= 11 is 12.5. The zero-order valence-corrected chi connectivity index (χ0v) is 13.0. The molecule has 1 saturated heterocycles. The topological polar surface area (TPSA) is 21.3 Å². The molecular formula is C15H21Cl2NO. The molecule has 0 saturated carbocycles. The van der Waals surface area contributed by atoms with Crippen LogP contribution in [0.5, 0.6) is 0 Å². The van der Waals surface area contributed by atoms with Crippen molar-refractivity contribution in [2.45, 2.75) is 26.4 Å². The molecule has 19 heavy (non-hydrogen) atoms. The molecule has 0 aromatic heterocycles. The molecule has 0 spiro atoms. The third kappa shape index (κ3) is 3.85. The van der Waals surface area contributed by atoms with Gasteiger partial charge < -0.3 is 10.1 Å². The molecule has 1 aromatic rings. The molecule has 1 heterocycles. The molecule has 106 valence electrons. The highest BCUT2D eigenvalue weighted by Crippen LogP contribution is 2.41. The molecule has 2 rings (SSSR count). The summed E-state index contributed by atoms with van der Waals surface area (Å²) in [6, 6.07) is 5.63. The summed E-state index contributed by atoms with van der Waals surface area (Å²) < 4.78 is 5.86. The van der Waals surface area contributed by atoms with Crippen LogP contribution in [0, 0.1) is 11.8 Å². The fourth-order valence-corrected chi connectivity index (χ4v) is 3.11. The van der Waals surface area contributed by atoms with Crippen molar-refractivity contribution in [3.63, 3.8) is 0 Å². The Bertz CT molecular complexity index is 402. The van der Waals surface area contributed by atoms with Crippen LogP contribution in [-0.2, 0) is 4.74 Å². The lowest BCUT2D eigenvalue weighted by atomic mass is 9.95. The molecule has 1 aliphatic heterocycles. The Morgan fingerprint density at radius 2 is 2.00 bits per heavy atom. The molecular weight excluding hydrogens is 281 g/mol. The fourth-order valence-electron chi connectivity index (χ4n) is 2.50. The van der Waals surface area contributed by atoms with Crippen molar-refractivity contribution in [1.82, 2.24) is 5.32 Å². The van der Waals surface area contributed by atoms with Crippen molar-refractivity contribution in [1.29, 1.82) is 0 Å². The van der Waals surface area contributed by atoms with Crippen LogP contribution in [0.4, 0.5) is 0 Å². The van der Waals surface area contributed by atoms with E-state index < -0.39 is 0 Å². The summed E-state index contributed by atoms with van der Waals surface area (Å²) in [5, 5.41) is 4.90. The van der Waals surface area contributed by atoms with Crippen LogP contribution in [0.2, 0.25) is 10.0 Å². The van der Waals surface area contributed by atoms with E-state index in [1.54, 1.807) is 0 Å². The van der Waals surface area contributed by atoms with Crippen molar-refractivity contribution in [2.75, 3.05) is 19.7 Å². The van der Waals surface area contributed by atoms with Crippen LogP contribution in [0.15, 0.2) is 18.2 Å². The van der Waals surface area contributed by atoms with Gasteiger partial charge in [-0.1, -0.05) is 43.1 Å². The van der Waals surface area contributed by atoms with Gasteiger partial charge in [-0.25, -0.2) is 0 Å². The van der Waals surface area contributed by atoms with Crippen molar-refractivity contribution in [3.8, 4) is 0 Å². The molecule has 2 unspecified atom stereocenters. The highest BCUT2D eigenvalue weighted by Gasteiger charge is 2.32.